The van der Waals surface area contributed by atoms with Crippen molar-refractivity contribution >= 4 is 159 Å². The number of fused-ring (bicyclic) bond motifs is 4. The number of anilines is 3. The van der Waals surface area contributed by atoms with Gasteiger partial charge >= 0.3 is 59.4 Å². The van der Waals surface area contributed by atoms with Crippen LogP contribution in [0.3, 0.4) is 0 Å². The summed E-state index contributed by atoms with van der Waals surface area (Å²) in [4.78, 5) is 91.2. The minimum Gasteiger partial charge on any atom is -0.550 e. The molecule has 4 aromatic heterocycles. The molecule has 4 aliphatic rings. The molecule has 4 N–H and O–H groups in total. The van der Waals surface area contributed by atoms with Crippen LogP contribution in [0.15, 0.2) is 115 Å². The Morgan fingerprint density at radius 2 is 0.806 bits per heavy atom. The molecule has 4 fully saturated rings. The fraction of sp³-hybridized carbons (Fsp3) is 0.485. The number of hydrogen-bond acceptors (Lipinski definition) is 28. The van der Waals surface area contributed by atoms with Gasteiger partial charge in [0.15, 0.2) is 44.9 Å². The predicted molar refractivity (Wildman–Crippen MR) is 392 cm³/mol. The van der Waals surface area contributed by atoms with Crippen molar-refractivity contribution in [2.45, 2.75) is 62.3 Å². The van der Waals surface area contributed by atoms with E-state index in [9.17, 15) is 33.9 Å². The SMILES string of the molecule is C1CNCCN1.CC(=O)OOC(C)=O.CC(=O)[O-].CC(C)(CN1CCN(c2noc3ccccc23)CC1)C(=O)O.COC(=O)C(C)(C)C=O.COC(=O)C(C)(C)CN1CCN(c2noc3ccccc23)CC1.Cl.ClCCl.Clc1noc2ccccc12.[B].[Na+].c1ccc2c(N3CCNCC3)noc2c1. The molecule has 4 aromatic carbocycles. The van der Waals surface area contributed by atoms with Crippen LogP contribution >= 0.6 is 47.2 Å². The molecule has 0 atom stereocenters. The Hall–Kier alpha value is -7.33. The number of benzene rings is 4. The monoisotopic (exact) mass is 1520 g/mol. The molecule has 103 heavy (non-hydrogen) atoms. The number of carboxylic acids is 2. The number of nitrogens with one attached hydrogen (secondary N) is 3. The number of hydrogen-bond donors (Lipinski definition) is 4. The number of rotatable bonds is 11. The number of carbonyl (C=O) groups excluding carboxylic acids is 6. The van der Waals surface area contributed by atoms with E-state index in [2.05, 4.69) is 81.7 Å². The fourth-order valence-electron chi connectivity index (χ4n) is 9.83. The van der Waals surface area contributed by atoms with E-state index in [-0.39, 0.29) is 61.7 Å². The van der Waals surface area contributed by atoms with Gasteiger partial charge in [0.1, 0.15) is 11.7 Å². The number of nitrogens with zero attached hydrogens (tertiary/aromatic N) is 9. The molecule has 0 saturated carbocycles. The van der Waals surface area contributed by atoms with Gasteiger partial charge in [-0.2, -0.15) is 0 Å². The molecule has 29 nitrogen and oxygen atoms in total. The van der Waals surface area contributed by atoms with E-state index in [0.717, 1.165) is 187 Å². The molecule has 3 radical (unpaired) electrons. The first-order valence-corrected chi connectivity index (χ1v) is 33.4. The number of aldehydes is 1. The van der Waals surface area contributed by atoms with Gasteiger partial charge in [0, 0.05) is 146 Å². The molecule has 0 spiro atoms. The molecular weight excluding hydrogens is 1430 g/mol. The van der Waals surface area contributed by atoms with Crippen LogP contribution in [0.2, 0.25) is 5.15 Å². The van der Waals surface area contributed by atoms with Crippen molar-refractivity contribution in [2.24, 2.45) is 16.2 Å². The topological polar surface area (TPSA) is 356 Å². The molecule has 8 heterocycles. The summed E-state index contributed by atoms with van der Waals surface area (Å²) in [5.74, 6) is -1.01. The first-order valence-electron chi connectivity index (χ1n) is 32.0. The van der Waals surface area contributed by atoms with E-state index in [0.29, 0.717) is 24.5 Å². The molecule has 559 valence electrons. The maximum atomic E-state index is 11.8. The van der Waals surface area contributed by atoms with Gasteiger partial charge in [-0.05, 0) is 97.0 Å². The number of carbonyl (C=O) groups is 7. The van der Waals surface area contributed by atoms with E-state index < -0.39 is 46.1 Å². The Balaban J connectivity index is 0.000000613. The first kappa shape index (κ1) is 93.7. The Morgan fingerprint density at radius 3 is 1.10 bits per heavy atom. The molecule has 8 aromatic rings. The van der Waals surface area contributed by atoms with E-state index in [1.807, 2.05) is 105 Å². The van der Waals surface area contributed by atoms with E-state index in [1.54, 1.807) is 13.8 Å². The average molecular weight is 1530 g/mol. The van der Waals surface area contributed by atoms with Crippen LogP contribution in [0.1, 0.15) is 62.3 Å². The summed E-state index contributed by atoms with van der Waals surface area (Å²) < 4.78 is 30.1. The van der Waals surface area contributed by atoms with Gasteiger partial charge in [-0.25, -0.2) is 19.4 Å². The molecule has 0 unspecified atom stereocenters. The molecular formula is C68H93BCl4N12NaO17. The minimum absolute atomic E-state index is 0. The second-order valence-electron chi connectivity index (χ2n) is 24.4. The largest absolute Gasteiger partial charge is 1.00 e. The summed E-state index contributed by atoms with van der Waals surface area (Å²) in [6.07, 6.45) is 0.568. The molecule has 35 heteroatoms. The number of aliphatic carboxylic acids is 2. The number of methoxy groups -OCH3 is 2. The van der Waals surface area contributed by atoms with Crippen molar-refractivity contribution in [3.8, 4) is 0 Å². The van der Waals surface area contributed by atoms with Crippen LogP contribution in [0.25, 0.3) is 43.9 Å². The number of carboxylic acid groups (broad SMARTS) is 2. The summed E-state index contributed by atoms with van der Waals surface area (Å²) in [5, 5.41) is 48.7. The summed E-state index contributed by atoms with van der Waals surface area (Å²) in [5.41, 5.74) is 1.01. The van der Waals surface area contributed by atoms with E-state index >= 15 is 0 Å². The molecule has 4 saturated heterocycles. The Bertz CT molecular complexity index is 3770. The van der Waals surface area contributed by atoms with Crippen LogP contribution in [0, 0.1) is 16.2 Å². The summed E-state index contributed by atoms with van der Waals surface area (Å²) in [6.45, 7) is 30.3. The standard InChI is InChI=1S/C17H23N3O3.C16H21N3O3.C11H13N3O.C7H4ClNO.C6H10O3.C4H10N2.C4H6O4.C2H4O2.CH2Cl2.B.ClH.Na/c1-17(2,16(21)22-3)12-19-8-10-20(11-9-19)15-13-6-4-5-7-14(13)23-18-15;1-16(2,15(20)21)11-18-7-9-19(10-8-18)14-12-5-3-4-6-13(12)22-17-14;1-2-4-10-9(3-1)11(13-15-10)14-7-5-12-6-8-14;8-7-5-3-1-2-4-6(5)10-9-7;1-6(2,4-7)5(8)9-3;1-2-6-4-3-5-1;1-3(5)7-8-4(2)6;1-2(3)4;2-1-3;;;/h4-7H,8-12H2,1-3H3;3-6H,7-11H2,1-2H3,(H,20,21);1-4,12H,5-8H2;1-4H;4H,1-3H3;5-6H,1-4H2;1-2H3;1H3,(H,3,4);1H2;;1H;/q;;;;;;;;;;;+1/p-1. The van der Waals surface area contributed by atoms with Crippen LogP contribution < -0.4 is 65.3 Å². The summed E-state index contributed by atoms with van der Waals surface area (Å²) in [7, 11) is 2.70. The zero-order valence-corrected chi connectivity index (χ0v) is 65.5. The minimum atomic E-state index is -1.08. The normalized spacial score (nSPS) is 14.3. The van der Waals surface area contributed by atoms with Crippen molar-refractivity contribution in [3.63, 3.8) is 0 Å². The average Bonchev–Trinajstić information content (AvgIpc) is 1.72. The number of para-hydroxylation sites is 4. The van der Waals surface area contributed by atoms with E-state index in [1.165, 1.54) is 28.1 Å². The molecule has 0 bridgehead atoms. The zero-order valence-electron chi connectivity index (χ0n) is 60.4. The quantitative estimate of drug-likeness (QED) is 0.0258. The third-order valence-electron chi connectivity index (χ3n) is 15.0. The molecule has 0 aliphatic carbocycles. The smallest absolute Gasteiger partial charge is 0.550 e. The van der Waals surface area contributed by atoms with Crippen molar-refractivity contribution in [1.29, 1.82) is 0 Å². The number of halogens is 4. The van der Waals surface area contributed by atoms with Crippen LogP contribution in [-0.4, -0.2) is 223 Å². The van der Waals surface area contributed by atoms with Gasteiger partial charge in [-0.15, -0.1) is 35.6 Å². The Labute approximate surface area is 644 Å². The van der Waals surface area contributed by atoms with Gasteiger partial charge in [-0.3, -0.25) is 24.2 Å². The second-order valence-corrected chi connectivity index (χ2v) is 25.5. The maximum absolute atomic E-state index is 11.8. The van der Waals surface area contributed by atoms with Crippen LogP contribution in [0.5, 0.6) is 0 Å². The number of esters is 2. The van der Waals surface area contributed by atoms with E-state index in [4.69, 9.17) is 67.5 Å². The number of aromatic nitrogens is 4. The van der Waals surface area contributed by atoms with Gasteiger partial charge in [0.25, 0.3) is 0 Å². The van der Waals surface area contributed by atoms with Gasteiger partial charge in [0.05, 0.1) is 51.9 Å². The van der Waals surface area contributed by atoms with Gasteiger partial charge < -0.3 is 78.0 Å². The van der Waals surface area contributed by atoms with Gasteiger partial charge in [-0.1, -0.05) is 80.8 Å². The maximum Gasteiger partial charge on any atom is 1.00 e. The fourth-order valence-corrected chi connectivity index (χ4v) is 10.0. The van der Waals surface area contributed by atoms with Crippen molar-refractivity contribution < 1.29 is 111 Å². The van der Waals surface area contributed by atoms with Crippen molar-refractivity contribution in [2.75, 3.05) is 152 Å². The van der Waals surface area contributed by atoms with Crippen LogP contribution in [0.4, 0.5) is 17.5 Å². The van der Waals surface area contributed by atoms with Crippen molar-refractivity contribution in [1.82, 2.24) is 46.4 Å². The Kier molecular flexibility index (Phi) is 44.3. The van der Waals surface area contributed by atoms with Gasteiger partial charge in [0.2, 0.25) is 0 Å². The first-order chi connectivity index (χ1) is 47.6. The zero-order chi connectivity index (χ0) is 73.8. The van der Waals surface area contributed by atoms with Crippen molar-refractivity contribution in [3.05, 3.63) is 102 Å². The third kappa shape index (κ3) is 32.3. The second kappa shape index (κ2) is 48.7. The summed E-state index contributed by atoms with van der Waals surface area (Å²) in [6, 6.07) is 31.2. The predicted octanol–water partition coefficient (Wildman–Crippen LogP) is 4.74. The number of alkyl halides is 2. The number of piperazine rings is 4. The third-order valence-corrected chi connectivity index (χ3v) is 15.2. The Morgan fingerprint density at radius 1 is 0.515 bits per heavy atom. The molecule has 0 amide bonds. The molecule has 12 rings (SSSR count). The molecule has 4 aliphatic heterocycles. The number of ether oxygens (including phenoxy) is 2. The summed E-state index contributed by atoms with van der Waals surface area (Å²) >= 11 is 15.2. The van der Waals surface area contributed by atoms with Crippen LogP contribution in [-0.2, 0) is 52.8 Å².